The van der Waals surface area contributed by atoms with Crippen molar-refractivity contribution in [2.24, 2.45) is 0 Å². The van der Waals surface area contributed by atoms with Crippen molar-refractivity contribution in [3.8, 4) is 22.7 Å². The van der Waals surface area contributed by atoms with Gasteiger partial charge in [0.25, 0.3) is 5.91 Å². The van der Waals surface area contributed by atoms with Crippen LogP contribution in [0.4, 0.5) is 22.0 Å². The van der Waals surface area contributed by atoms with Gasteiger partial charge in [-0.3, -0.25) is 4.79 Å². The number of carbonyl (C=O) groups is 1. The van der Waals surface area contributed by atoms with E-state index in [0.717, 1.165) is 10.7 Å². The first kappa shape index (κ1) is 27.5. The van der Waals surface area contributed by atoms with Crippen molar-refractivity contribution < 1.29 is 36.2 Å². The van der Waals surface area contributed by atoms with E-state index in [0.29, 0.717) is 29.7 Å². The second kappa shape index (κ2) is 10.5. The Hall–Kier alpha value is -4.06. The molecule has 0 radical (unpaired) electrons. The predicted molar refractivity (Wildman–Crippen MR) is 137 cm³/mol. The highest BCUT2D eigenvalue weighted by Gasteiger charge is 2.35. The lowest BCUT2D eigenvalue weighted by Crippen LogP contribution is -2.48. The zero-order valence-corrected chi connectivity index (χ0v) is 21.7. The minimum atomic E-state index is -4.67. The van der Waals surface area contributed by atoms with Crippen LogP contribution in [0.25, 0.3) is 28.0 Å². The normalized spacial score (nSPS) is 18.0. The molecule has 4 aromatic rings. The van der Waals surface area contributed by atoms with E-state index >= 15 is 0 Å². The summed E-state index contributed by atoms with van der Waals surface area (Å²) in [4.78, 5) is 20.2. The summed E-state index contributed by atoms with van der Waals surface area (Å²) in [6.45, 7) is 2.95. The molecule has 1 saturated heterocycles. The Morgan fingerprint density at radius 3 is 2.33 bits per heavy atom. The monoisotopic (exact) mass is 560 g/mol. The lowest BCUT2D eigenvalue weighted by molar-refractivity contribution is -0.137. The van der Waals surface area contributed by atoms with Crippen LogP contribution < -0.4 is 4.74 Å². The van der Waals surface area contributed by atoms with Crippen LogP contribution >= 0.6 is 0 Å². The van der Waals surface area contributed by atoms with Crippen molar-refractivity contribution in [1.82, 2.24) is 19.7 Å². The lowest BCUT2D eigenvalue weighted by Gasteiger charge is -2.35. The number of aromatic nitrogens is 3. The molecule has 2 aromatic carbocycles. The molecular weight excluding hydrogens is 535 g/mol. The van der Waals surface area contributed by atoms with Gasteiger partial charge in [-0.1, -0.05) is 12.1 Å². The minimum Gasteiger partial charge on any atom is -0.435 e. The summed E-state index contributed by atoms with van der Waals surface area (Å²) in [5, 5.41) is 4.70. The molecular formula is C28H25F5N4O3. The van der Waals surface area contributed by atoms with Gasteiger partial charge >= 0.3 is 12.8 Å². The largest absolute Gasteiger partial charge is 0.435 e. The Morgan fingerprint density at radius 2 is 1.70 bits per heavy atom. The van der Waals surface area contributed by atoms with Crippen LogP contribution in [0.2, 0.25) is 0 Å². The van der Waals surface area contributed by atoms with Crippen LogP contribution in [0, 0.1) is 6.92 Å². The van der Waals surface area contributed by atoms with Gasteiger partial charge in [-0.2, -0.15) is 27.1 Å². The number of rotatable bonds is 5. The summed E-state index contributed by atoms with van der Waals surface area (Å²) in [5.41, 5.74) is 0.119. The summed E-state index contributed by atoms with van der Waals surface area (Å²) < 4.78 is 78.4. The number of fused-ring (bicyclic) bond motifs is 1. The molecule has 1 fully saturated rings. The summed E-state index contributed by atoms with van der Waals surface area (Å²) in [7, 11) is 0. The number of morpholine rings is 1. The van der Waals surface area contributed by atoms with E-state index in [1.54, 1.807) is 17.9 Å². The number of ether oxygens (including phenoxy) is 2. The van der Waals surface area contributed by atoms with Crippen LogP contribution in [0.5, 0.6) is 5.75 Å². The Labute approximate surface area is 226 Å². The van der Waals surface area contributed by atoms with Gasteiger partial charge in [0.2, 0.25) is 0 Å². The fourth-order valence-corrected chi connectivity index (χ4v) is 4.99. The molecule has 0 saturated carbocycles. The van der Waals surface area contributed by atoms with E-state index in [1.807, 2.05) is 13.8 Å². The first-order valence-corrected chi connectivity index (χ1v) is 12.5. The summed E-state index contributed by atoms with van der Waals surface area (Å²) in [6.07, 6.45) is -5.09. The van der Waals surface area contributed by atoms with Crippen molar-refractivity contribution in [2.45, 2.75) is 45.8 Å². The quantitative estimate of drug-likeness (QED) is 0.270. The van der Waals surface area contributed by atoms with Crippen molar-refractivity contribution in [1.29, 1.82) is 0 Å². The number of amides is 1. The van der Waals surface area contributed by atoms with Crippen molar-refractivity contribution in [3.05, 3.63) is 71.4 Å². The van der Waals surface area contributed by atoms with Gasteiger partial charge in [0.1, 0.15) is 5.75 Å². The number of hydrogen-bond acceptors (Lipinski definition) is 5. The molecule has 1 amide bonds. The zero-order valence-electron chi connectivity index (χ0n) is 21.7. The van der Waals surface area contributed by atoms with Gasteiger partial charge in [-0.15, -0.1) is 0 Å². The highest BCUT2D eigenvalue weighted by Crippen LogP contribution is 2.36. The SMILES string of the molecule is Cc1nn(-c2ccccc2C(F)(F)F)c2nc(-c3ccc(OC(F)F)cc3)cc(C(=O)N3CC(C)OC(C)C3)c12. The zero-order chi connectivity index (χ0) is 28.8. The molecule has 12 heteroatoms. The maximum absolute atomic E-state index is 13.9. The first-order chi connectivity index (χ1) is 18.9. The van der Waals surface area contributed by atoms with Crippen LogP contribution in [0.15, 0.2) is 54.6 Å². The Kier molecular flexibility index (Phi) is 7.21. The highest BCUT2D eigenvalue weighted by molar-refractivity contribution is 6.07. The topological polar surface area (TPSA) is 69.5 Å². The van der Waals surface area contributed by atoms with E-state index in [-0.39, 0.29) is 46.5 Å². The van der Waals surface area contributed by atoms with Crippen LogP contribution in [0.1, 0.15) is 35.5 Å². The molecule has 0 aliphatic carbocycles. The molecule has 0 bridgehead atoms. The van der Waals surface area contributed by atoms with E-state index in [4.69, 9.17) is 4.74 Å². The van der Waals surface area contributed by atoms with Crippen LogP contribution in [-0.2, 0) is 10.9 Å². The molecule has 3 heterocycles. The smallest absolute Gasteiger partial charge is 0.418 e. The molecule has 0 N–H and O–H groups in total. The van der Waals surface area contributed by atoms with E-state index < -0.39 is 18.4 Å². The Bertz CT molecular complexity index is 1540. The van der Waals surface area contributed by atoms with E-state index in [2.05, 4.69) is 14.8 Å². The number of halogens is 5. The molecule has 7 nitrogen and oxygen atoms in total. The molecule has 0 spiro atoms. The fourth-order valence-electron chi connectivity index (χ4n) is 4.99. The molecule has 5 rings (SSSR count). The number of aryl methyl sites for hydroxylation is 1. The average Bonchev–Trinajstić information content (AvgIpc) is 3.23. The van der Waals surface area contributed by atoms with Crippen molar-refractivity contribution in [3.63, 3.8) is 0 Å². The minimum absolute atomic E-state index is 0.0531. The number of para-hydroxylation sites is 1. The van der Waals surface area contributed by atoms with Gasteiger partial charge in [-0.05, 0) is 63.2 Å². The molecule has 2 aromatic heterocycles. The average molecular weight is 561 g/mol. The molecule has 40 heavy (non-hydrogen) atoms. The number of benzene rings is 2. The summed E-state index contributed by atoms with van der Waals surface area (Å²) in [6, 6.07) is 12.1. The number of alkyl halides is 5. The lowest BCUT2D eigenvalue weighted by atomic mass is 10.0. The first-order valence-electron chi connectivity index (χ1n) is 12.5. The van der Waals surface area contributed by atoms with Crippen molar-refractivity contribution in [2.75, 3.05) is 13.1 Å². The second-order valence-corrected chi connectivity index (χ2v) is 9.64. The standard InChI is InChI=1S/C28H25F5N4O3/c1-15-13-36(14-16(2)39-15)26(38)20-12-22(18-8-10-19(11-9-18)40-27(29)30)34-25-24(20)17(3)35-37(25)23-7-5-4-6-21(23)28(31,32)33/h4-12,15-16,27H,13-14H2,1-3H3. The molecule has 210 valence electrons. The molecule has 1 aliphatic rings. The Morgan fingerprint density at radius 1 is 1.05 bits per heavy atom. The third kappa shape index (κ3) is 5.35. The maximum atomic E-state index is 13.9. The van der Waals surface area contributed by atoms with Gasteiger partial charge in [-0.25, -0.2) is 9.67 Å². The maximum Gasteiger partial charge on any atom is 0.418 e. The molecule has 1 aliphatic heterocycles. The van der Waals surface area contributed by atoms with Gasteiger partial charge in [0, 0.05) is 18.7 Å². The number of pyridine rings is 1. The second-order valence-electron chi connectivity index (χ2n) is 9.64. The molecule has 2 atom stereocenters. The predicted octanol–water partition coefficient (Wildman–Crippen LogP) is 6.27. The number of carbonyl (C=O) groups excluding carboxylic acids is 1. The van der Waals surface area contributed by atoms with Gasteiger partial charge in [0.15, 0.2) is 5.65 Å². The van der Waals surface area contributed by atoms with Crippen molar-refractivity contribution >= 4 is 16.9 Å². The highest BCUT2D eigenvalue weighted by atomic mass is 19.4. The van der Waals surface area contributed by atoms with E-state index in [1.165, 1.54) is 42.5 Å². The third-order valence-corrected chi connectivity index (χ3v) is 6.56. The number of nitrogens with zero attached hydrogens (tertiary/aromatic N) is 4. The van der Waals surface area contributed by atoms with Gasteiger partial charge < -0.3 is 14.4 Å². The fraction of sp³-hybridized carbons (Fsp3) is 0.321. The summed E-state index contributed by atoms with van der Waals surface area (Å²) >= 11 is 0. The van der Waals surface area contributed by atoms with E-state index in [9.17, 15) is 26.7 Å². The van der Waals surface area contributed by atoms with Crippen LogP contribution in [0.3, 0.4) is 0 Å². The third-order valence-electron chi connectivity index (χ3n) is 6.56. The molecule has 2 unspecified atom stereocenters. The summed E-state index contributed by atoms with van der Waals surface area (Å²) in [5.74, 6) is -0.424. The van der Waals surface area contributed by atoms with Gasteiger partial charge in [0.05, 0.1) is 45.8 Å². The number of hydrogen-bond donors (Lipinski definition) is 0. The van der Waals surface area contributed by atoms with Crippen LogP contribution in [-0.4, -0.2) is 57.5 Å². The Balaban J connectivity index is 1.72.